The third kappa shape index (κ3) is 5.69. The largest absolute Gasteiger partial charge is 0.444 e. The molecule has 2 aliphatic rings. The number of nitrogens with zero attached hydrogens (tertiary/aromatic N) is 1. The van der Waals surface area contributed by atoms with E-state index in [9.17, 15) is 14.4 Å². The molecule has 2 amide bonds. The molecule has 1 saturated heterocycles. The van der Waals surface area contributed by atoms with Gasteiger partial charge in [-0.15, -0.1) is 11.3 Å². The molecule has 3 atom stereocenters. The molecule has 1 aliphatic carbocycles. The summed E-state index contributed by atoms with van der Waals surface area (Å²) in [5.41, 5.74) is 22.4. The number of hydrogen-bond acceptors (Lipinski definition) is 8. The number of hydrogen-bond donors (Lipinski definition) is 4. The van der Waals surface area contributed by atoms with Crippen LogP contribution in [0.15, 0.2) is 66.7 Å². The molecule has 1 fully saturated rings. The quantitative estimate of drug-likeness (QED) is 0.228. The van der Waals surface area contributed by atoms with Gasteiger partial charge >= 0.3 is 6.09 Å². The molecule has 1 aliphatic heterocycles. The maximum Gasteiger partial charge on any atom is 0.410 e. The molecule has 234 valence electrons. The third-order valence-electron chi connectivity index (χ3n) is 8.56. The zero-order valence-electron chi connectivity index (χ0n) is 25.8. The summed E-state index contributed by atoms with van der Waals surface area (Å²) in [5, 5.41) is 3.74. The van der Waals surface area contributed by atoms with E-state index >= 15 is 0 Å². The van der Waals surface area contributed by atoms with E-state index in [1.54, 1.807) is 17.0 Å². The number of anilines is 1. The number of ether oxygens (including phenoxy) is 1. The molecule has 0 unspecified atom stereocenters. The van der Waals surface area contributed by atoms with Crippen molar-refractivity contribution in [2.75, 3.05) is 18.8 Å². The van der Waals surface area contributed by atoms with Crippen LogP contribution >= 0.6 is 11.3 Å². The average Bonchev–Trinajstić information content (AvgIpc) is 3.41. The predicted molar refractivity (Wildman–Crippen MR) is 177 cm³/mol. The number of Topliss-reactive ketones (excluding diaryl/α,β-unsaturated/α-hetero) is 1. The Kier molecular flexibility index (Phi) is 7.93. The number of carbonyl (C=O) groups is 3. The van der Waals surface area contributed by atoms with Crippen LogP contribution in [0.4, 0.5) is 10.5 Å². The van der Waals surface area contributed by atoms with E-state index in [0.717, 1.165) is 17.5 Å². The SMILES string of the molecule is CC(C)(C)OC(=O)N1CCC[C@@H](NC(=O)c2sc3c(N)ccc4c3c2[C@@H](N)C(=O)[C@@]4(N)c2cccc(Cc3ccccc3)c2)C1. The summed E-state index contributed by atoms with van der Waals surface area (Å²) in [6, 6.07) is 19.9. The number of rotatable bonds is 5. The van der Waals surface area contributed by atoms with Crippen molar-refractivity contribution in [2.45, 2.75) is 63.3 Å². The first-order valence-corrected chi connectivity index (χ1v) is 16.0. The zero-order chi connectivity index (χ0) is 32.1. The first-order valence-electron chi connectivity index (χ1n) is 15.2. The summed E-state index contributed by atoms with van der Waals surface area (Å²) in [6.45, 7) is 6.35. The summed E-state index contributed by atoms with van der Waals surface area (Å²) in [4.78, 5) is 42.7. The lowest BCUT2D eigenvalue weighted by Gasteiger charge is -2.37. The number of carbonyl (C=O) groups excluding carboxylic acids is 3. The van der Waals surface area contributed by atoms with Crippen LogP contribution in [0.5, 0.6) is 0 Å². The van der Waals surface area contributed by atoms with Crippen molar-refractivity contribution in [3.8, 4) is 0 Å². The Bertz CT molecular complexity index is 1800. The molecule has 1 aromatic heterocycles. The van der Waals surface area contributed by atoms with Gasteiger partial charge in [0.25, 0.3) is 5.91 Å². The van der Waals surface area contributed by atoms with Crippen LogP contribution in [0.3, 0.4) is 0 Å². The van der Waals surface area contributed by atoms with Crippen molar-refractivity contribution in [1.29, 1.82) is 0 Å². The molecule has 6 rings (SSSR count). The van der Waals surface area contributed by atoms with Gasteiger partial charge in [-0.25, -0.2) is 4.79 Å². The van der Waals surface area contributed by atoms with E-state index in [2.05, 4.69) is 17.4 Å². The highest BCUT2D eigenvalue weighted by atomic mass is 32.1. The average molecular weight is 626 g/mol. The minimum Gasteiger partial charge on any atom is -0.444 e. The fourth-order valence-electron chi connectivity index (χ4n) is 6.44. The molecule has 0 saturated carbocycles. The van der Waals surface area contributed by atoms with Gasteiger partial charge < -0.3 is 32.2 Å². The van der Waals surface area contributed by atoms with Crippen LogP contribution < -0.4 is 22.5 Å². The summed E-state index contributed by atoms with van der Waals surface area (Å²) in [7, 11) is 0. The fraction of sp³-hybridized carbons (Fsp3) is 0.343. The molecular weight excluding hydrogens is 586 g/mol. The van der Waals surface area contributed by atoms with Crippen molar-refractivity contribution < 1.29 is 19.1 Å². The van der Waals surface area contributed by atoms with E-state index in [-0.39, 0.29) is 17.7 Å². The van der Waals surface area contributed by atoms with Gasteiger partial charge in [0, 0.05) is 35.8 Å². The lowest BCUT2D eigenvalue weighted by atomic mass is 9.70. The number of thiophene rings is 1. The Morgan fingerprint density at radius 3 is 2.53 bits per heavy atom. The zero-order valence-corrected chi connectivity index (χ0v) is 26.6. The van der Waals surface area contributed by atoms with Crippen LogP contribution in [0.25, 0.3) is 10.1 Å². The number of piperidine rings is 1. The number of nitrogen functional groups attached to an aromatic ring is 1. The number of likely N-dealkylation sites (tertiary alicyclic amines) is 1. The Morgan fingerprint density at radius 1 is 1.07 bits per heavy atom. The number of nitrogens with one attached hydrogen (secondary N) is 1. The van der Waals surface area contributed by atoms with Gasteiger partial charge in [0.2, 0.25) is 0 Å². The van der Waals surface area contributed by atoms with Gasteiger partial charge in [-0.3, -0.25) is 9.59 Å². The predicted octanol–water partition coefficient (Wildman–Crippen LogP) is 4.99. The smallest absolute Gasteiger partial charge is 0.410 e. The van der Waals surface area contributed by atoms with E-state index in [0.29, 0.717) is 63.3 Å². The second kappa shape index (κ2) is 11.6. The second-order valence-electron chi connectivity index (χ2n) is 13.0. The molecular formula is C35H39N5O4S. The van der Waals surface area contributed by atoms with Crippen LogP contribution in [0.2, 0.25) is 0 Å². The Balaban J connectivity index is 1.34. The minimum atomic E-state index is -1.53. The molecule has 45 heavy (non-hydrogen) atoms. The molecule has 0 bridgehead atoms. The number of nitrogens with two attached hydrogens (primary N) is 3. The normalized spacial score (nSPS) is 21.5. The van der Waals surface area contributed by atoms with Crippen molar-refractivity contribution in [3.05, 3.63) is 99.4 Å². The molecule has 7 N–H and O–H groups in total. The molecule has 9 nitrogen and oxygen atoms in total. The summed E-state index contributed by atoms with van der Waals surface area (Å²) in [6.07, 6.45) is 1.70. The highest BCUT2D eigenvalue weighted by Gasteiger charge is 2.49. The highest BCUT2D eigenvalue weighted by molar-refractivity contribution is 7.21. The van der Waals surface area contributed by atoms with Gasteiger partial charge in [0.15, 0.2) is 5.78 Å². The lowest BCUT2D eigenvalue weighted by molar-refractivity contribution is -0.124. The van der Waals surface area contributed by atoms with Crippen LogP contribution in [0.1, 0.15) is 77.1 Å². The van der Waals surface area contributed by atoms with Crippen LogP contribution in [0, 0.1) is 0 Å². The van der Waals surface area contributed by atoms with E-state index in [1.165, 1.54) is 11.3 Å². The summed E-state index contributed by atoms with van der Waals surface area (Å²) >= 11 is 1.22. The van der Waals surface area contributed by atoms with Gasteiger partial charge in [0.05, 0.1) is 15.6 Å². The number of ketones is 1. The summed E-state index contributed by atoms with van der Waals surface area (Å²) in [5.74, 6) is -0.746. The summed E-state index contributed by atoms with van der Waals surface area (Å²) < 4.78 is 6.21. The minimum absolute atomic E-state index is 0.288. The molecule has 10 heteroatoms. The van der Waals surface area contributed by atoms with Crippen molar-refractivity contribution >= 4 is 44.9 Å². The lowest BCUT2D eigenvalue weighted by Crippen LogP contribution is -2.53. The Morgan fingerprint density at radius 2 is 1.80 bits per heavy atom. The highest BCUT2D eigenvalue weighted by Crippen LogP contribution is 2.49. The van der Waals surface area contributed by atoms with Crippen molar-refractivity contribution in [2.24, 2.45) is 11.5 Å². The standard InChI is InChI=1S/C35H39N5O4S/c1-34(2,3)44-33(43)40-16-8-13-23(19-40)39-32(42)30-27-26-24(14-15-25(36)29(26)45-30)35(38,31(41)28(27)37)22-12-7-11-21(18-22)17-20-9-5-4-6-10-20/h4-7,9-12,14-15,18,23,28H,8,13,16-17,19,36-38H2,1-3H3,(H,39,42)/t23-,28-,35-/m1/s1. The maximum absolute atomic E-state index is 14.2. The third-order valence-corrected chi connectivity index (χ3v) is 9.81. The molecule has 4 aromatic rings. The van der Waals surface area contributed by atoms with E-state index in [1.807, 2.05) is 63.2 Å². The van der Waals surface area contributed by atoms with Crippen LogP contribution in [-0.4, -0.2) is 47.4 Å². The first kappa shape index (κ1) is 30.8. The van der Waals surface area contributed by atoms with Gasteiger partial charge in [-0.05, 0) is 68.4 Å². The Hall–Kier alpha value is -4.25. The van der Waals surface area contributed by atoms with Gasteiger partial charge in [-0.1, -0.05) is 60.7 Å². The Labute approximate surface area is 266 Å². The molecule has 3 aromatic carbocycles. The topological polar surface area (TPSA) is 154 Å². The number of benzene rings is 3. The second-order valence-corrected chi connectivity index (χ2v) is 14.0. The fourth-order valence-corrected chi connectivity index (χ4v) is 7.65. The molecule has 0 radical (unpaired) electrons. The van der Waals surface area contributed by atoms with Crippen molar-refractivity contribution in [1.82, 2.24) is 10.2 Å². The maximum atomic E-state index is 14.2. The van der Waals surface area contributed by atoms with Crippen molar-refractivity contribution in [3.63, 3.8) is 0 Å². The van der Waals surface area contributed by atoms with E-state index in [4.69, 9.17) is 21.9 Å². The number of amides is 2. The van der Waals surface area contributed by atoms with Gasteiger partial charge in [0.1, 0.15) is 11.1 Å². The monoisotopic (exact) mass is 625 g/mol. The van der Waals surface area contributed by atoms with Crippen LogP contribution in [-0.2, 0) is 21.5 Å². The van der Waals surface area contributed by atoms with E-state index < -0.39 is 23.3 Å². The first-order chi connectivity index (χ1) is 21.4. The van der Waals surface area contributed by atoms with Gasteiger partial charge in [-0.2, -0.15) is 0 Å². The molecule has 0 spiro atoms. The molecule has 2 heterocycles.